The van der Waals surface area contributed by atoms with E-state index in [0.29, 0.717) is 22.2 Å². The van der Waals surface area contributed by atoms with E-state index < -0.39 is 6.36 Å². The number of thiocarbonyl (C=S) groups is 1. The number of benzene rings is 2. The van der Waals surface area contributed by atoms with Crippen LogP contribution in [0.15, 0.2) is 42.5 Å². The maximum Gasteiger partial charge on any atom is 0.573 e. The molecule has 0 bridgehead atoms. The van der Waals surface area contributed by atoms with Gasteiger partial charge in [0.25, 0.3) is 0 Å². The first-order valence-electron chi connectivity index (χ1n) is 7.04. The number of nitrogens with one attached hydrogen (secondary N) is 2. The Kier molecular flexibility index (Phi) is 6.75. The van der Waals surface area contributed by atoms with E-state index in [9.17, 15) is 13.2 Å². The third-order valence-corrected chi connectivity index (χ3v) is 4.10. The van der Waals surface area contributed by atoms with Crippen LogP contribution >= 0.6 is 35.4 Å². The van der Waals surface area contributed by atoms with Gasteiger partial charge in [0.05, 0.1) is 10.0 Å². The van der Waals surface area contributed by atoms with Gasteiger partial charge in [-0.1, -0.05) is 47.5 Å². The van der Waals surface area contributed by atoms with Crippen LogP contribution in [0.1, 0.15) is 11.1 Å². The van der Waals surface area contributed by atoms with E-state index in [-0.39, 0.29) is 17.4 Å². The number of hydrogen-bond donors (Lipinski definition) is 2. The van der Waals surface area contributed by atoms with Gasteiger partial charge >= 0.3 is 6.36 Å². The van der Waals surface area contributed by atoms with Crippen LogP contribution < -0.4 is 15.4 Å². The minimum Gasteiger partial charge on any atom is -0.405 e. The largest absolute Gasteiger partial charge is 0.573 e. The molecule has 0 aromatic heterocycles. The standard InChI is InChI=1S/C16H13Cl2F3N2OS/c17-12-6-5-10(7-13(12)18)8-22-15(25)23-9-11-3-1-2-4-14(11)24-16(19,20)21/h1-7H,8-9H2,(H2,22,23,25). The van der Waals surface area contributed by atoms with E-state index in [2.05, 4.69) is 15.4 Å². The highest BCUT2D eigenvalue weighted by Gasteiger charge is 2.31. The number of hydrogen-bond acceptors (Lipinski definition) is 2. The Morgan fingerprint density at radius 3 is 2.36 bits per heavy atom. The second-order valence-corrected chi connectivity index (χ2v) is 6.16. The van der Waals surface area contributed by atoms with E-state index >= 15 is 0 Å². The van der Waals surface area contributed by atoms with Crippen molar-refractivity contribution in [3.05, 3.63) is 63.6 Å². The van der Waals surface area contributed by atoms with E-state index in [0.717, 1.165) is 5.56 Å². The monoisotopic (exact) mass is 408 g/mol. The van der Waals surface area contributed by atoms with E-state index in [1.807, 2.05) is 0 Å². The molecule has 0 fully saturated rings. The topological polar surface area (TPSA) is 33.3 Å². The summed E-state index contributed by atoms with van der Waals surface area (Å²) < 4.78 is 41.2. The second-order valence-electron chi connectivity index (χ2n) is 4.94. The Morgan fingerprint density at radius 1 is 1.00 bits per heavy atom. The van der Waals surface area contributed by atoms with Crippen molar-refractivity contribution < 1.29 is 17.9 Å². The molecule has 2 rings (SSSR count). The number of rotatable bonds is 5. The molecule has 0 amide bonds. The Morgan fingerprint density at radius 2 is 1.68 bits per heavy atom. The summed E-state index contributed by atoms with van der Waals surface area (Å²) in [4.78, 5) is 0. The zero-order valence-corrected chi connectivity index (χ0v) is 15.0. The molecule has 25 heavy (non-hydrogen) atoms. The molecule has 0 unspecified atom stereocenters. The number of alkyl halides is 3. The van der Waals surface area contributed by atoms with Crippen molar-refractivity contribution in [3.63, 3.8) is 0 Å². The zero-order chi connectivity index (χ0) is 18.4. The second kappa shape index (κ2) is 8.60. The van der Waals surface area contributed by atoms with Gasteiger partial charge in [0, 0.05) is 18.7 Å². The molecule has 0 heterocycles. The minimum atomic E-state index is -4.75. The molecule has 3 nitrogen and oxygen atoms in total. The van der Waals surface area contributed by atoms with E-state index in [1.165, 1.54) is 18.2 Å². The third-order valence-electron chi connectivity index (χ3n) is 3.07. The molecular formula is C16H13Cl2F3N2OS. The summed E-state index contributed by atoms with van der Waals surface area (Å²) in [6, 6.07) is 11.0. The van der Waals surface area contributed by atoms with Crippen LogP contribution in [0.3, 0.4) is 0 Å². The molecule has 9 heteroatoms. The van der Waals surface area contributed by atoms with Crippen molar-refractivity contribution in [2.24, 2.45) is 0 Å². The summed E-state index contributed by atoms with van der Waals surface area (Å²) in [5.41, 5.74) is 1.19. The average Bonchev–Trinajstić information content (AvgIpc) is 2.54. The summed E-state index contributed by atoms with van der Waals surface area (Å²) in [5, 5.41) is 6.94. The number of para-hydroxylation sites is 1. The van der Waals surface area contributed by atoms with Crippen LogP contribution in [0, 0.1) is 0 Å². The van der Waals surface area contributed by atoms with Crippen LogP contribution in [-0.2, 0) is 13.1 Å². The van der Waals surface area contributed by atoms with Crippen LogP contribution in [0.2, 0.25) is 10.0 Å². The molecule has 0 saturated carbocycles. The SMILES string of the molecule is FC(F)(F)Oc1ccccc1CNC(=S)NCc1ccc(Cl)c(Cl)c1. The van der Waals surface area contributed by atoms with Gasteiger partial charge in [-0.15, -0.1) is 13.2 Å². The number of ether oxygens (including phenoxy) is 1. The summed E-state index contributed by atoms with van der Waals surface area (Å²) in [5.74, 6) is -0.269. The molecule has 2 aromatic carbocycles. The smallest absolute Gasteiger partial charge is 0.405 e. The lowest BCUT2D eigenvalue weighted by Gasteiger charge is -2.15. The molecule has 0 saturated heterocycles. The Hall–Kier alpha value is -1.70. The summed E-state index contributed by atoms with van der Waals surface area (Å²) in [7, 11) is 0. The zero-order valence-electron chi connectivity index (χ0n) is 12.7. The van der Waals surface area contributed by atoms with E-state index in [4.69, 9.17) is 35.4 Å². The van der Waals surface area contributed by atoms with Crippen LogP contribution in [0.5, 0.6) is 5.75 Å². The fourth-order valence-electron chi connectivity index (χ4n) is 1.94. The highest BCUT2D eigenvalue weighted by atomic mass is 35.5. The molecule has 0 aliphatic rings. The first-order chi connectivity index (χ1) is 11.7. The minimum absolute atomic E-state index is 0.0828. The molecule has 0 spiro atoms. The summed E-state index contributed by atoms with van der Waals surface area (Å²) >= 11 is 16.9. The lowest BCUT2D eigenvalue weighted by molar-refractivity contribution is -0.274. The predicted molar refractivity (Wildman–Crippen MR) is 95.9 cm³/mol. The Balaban J connectivity index is 1.89. The lowest BCUT2D eigenvalue weighted by Crippen LogP contribution is -2.34. The summed E-state index contributed by atoms with van der Waals surface area (Å²) in [6.07, 6.45) is -4.75. The normalized spacial score (nSPS) is 11.1. The van der Waals surface area contributed by atoms with Crippen LogP contribution in [0.4, 0.5) is 13.2 Å². The van der Waals surface area contributed by atoms with Gasteiger partial charge in [-0.25, -0.2) is 0 Å². The highest BCUT2D eigenvalue weighted by Crippen LogP contribution is 2.26. The van der Waals surface area contributed by atoms with Gasteiger partial charge in [-0.3, -0.25) is 0 Å². The fraction of sp³-hybridized carbons (Fsp3) is 0.188. The Bertz CT molecular complexity index is 756. The average molecular weight is 409 g/mol. The van der Waals surface area contributed by atoms with Crippen molar-refractivity contribution in [1.82, 2.24) is 10.6 Å². The molecule has 0 aliphatic heterocycles. The third kappa shape index (κ3) is 6.61. The predicted octanol–water partition coefficient (Wildman–Crippen LogP) is 5.06. The maximum atomic E-state index is 12.4. The van der Waals surface area contributed by atoms with E-state index in [1.54, 1.807) is 24.3 Å². The lowest BCUT2D eigenvalue weighted by atomic mass is 10.2. The molecular weight excluding hydrogens is 396 g/mol. The molecule has 0 aliphatic carbocycles. The van der Waals surface area contributed by atoms with Crippen LogP contribution in [-0.4, -0.2) is 11.5 Å². The maximum absolute atomic E-state index is 12.4. The quantitative estimate of drug-likeness (QED) is 0.677. The fourth-order valence-corrected chi connectivity index (χ4v) is 2.41. The summed E-state index contributed by atoms with van der Waals surface area (Å²) in [6.45, 7) is 0.475. The first-order valence-corrected chi connectivity index (χ1v) is 8.20. The van der Waals surface area contributed by atoms with Gasteiger partial charge in [0.1, 0.15) is 5.75 Å². The van der Waals surface area contributed by atoms with Crippen molar-refractivity contribution >= 4 is 40.5 Å². The van der Waals surface area contributed by atoms with Gasteiger partial charge in [0.15, 0.2) is 5.11 Å². The molecule has 2 aromatic rings. The van der Waals surface area contributed by atoms with Gasteiger partial charge < -0.3 is 15.4 Å². The van der Waals surface area contributed by atoms with Crippen molar-refractivity contribution in [2.75, 3.05) is 0 Å². The van der Waals surface area contributed by atoms with Gasteiger partial charge in [-0.2, -0.15) is 0 Å². The van der Waals surface area contributed by atoms with Gasteiger partial charge in [0.2, 0.25) is 0 Å². The molecule has 134 valence electrons. The highest BCUT2D eigenvalue weighted by molar-refractivity contribution is 7.80. The van der Waals surface area contributed by atoms with Crippen molar-refractivity contribution in [3.8, 4) is 5.75 Å². The molecule has 2 N–H and O–H groups in total. The van der Waals surface area contributed by atoms with Crippen molar-refractivity contribution in [1.29, 1.82) is 0 Å². The molecule has 0 radical (unpaired) electrons. The first kappa shape index (κ1) is 19.6. The Labute approximate surface area is 158 Å². The van der Waals surface area contributed by atoms with Crippen molar-refractivity contribution in [2.45, 2.75) is 19.5 Å². The van der Waals surface area contributed by atoms with Crippen LogP contribution in [0.25, 0.3) is 0 Å². The molecule has 0 atom stereocenters. The van der Waals surface area contributed by atoms with Gasteiger partial charge in [-0.05, 0) is 36.0 Å². The number of halogens is 5.